The quantitative estimate of drug-likeness (QED) is 0.125. The Labute approximate surface area is 358 Å². The van der Waals surface area contributed by atoms with E-state index in [9.17, 15) is 0 Å². The Balaban J connectivity index is 0.000000277. The number of hydrogen-bond acceptors (Lipinski definition) is 2. The minimum atomic E-state index is -0.346. The zero-order valence-electron chi connectivity index (χ0n) is 34.8. The first-order chi connectivity index (χ1) is 27.2. The molecule has 2 radical (unpaired) electrons. The van der Waals surface area contributed by atoms with Crippen molar-refractivity contribution in [3.05, 3.63) is 119 Å². The van der Waals surface area contributed by atoms with Crippen LogP contribution >= 0.6 is 27.3 Å². The van der Waals surface area contributed by atoms with Gasteiger partial charge in [0.05, 0.1) is 0 Å². The number of allylic oxidation sites excluding steroid dienone is 5. The molecule has 4 fully saturated rings. The third kappa shape index (κ3) is 14.0. The zero-order valence-corrected chi connectivity index (χ0v) is 38.9. The van der Waals surface area contributed by atoms with E-state index < -0.39 is 0 Å². The number of benzene rings is 2. The molecule has 56 heavy (non-hydrogen) atoms. The van der Waals surface area contributed by atoms with Gasteiger partial charge in [0.15, 0.2) is 0 Å². The van der Waals surface area contributed by atoms with Crippen molar-refractivity contribution in [3.8, 4) is 0 Å². The van der Waals surface area contributed by atoms with Gasteiger partial charge in [-0.2, -0.15) is 0 Å². The van der Waals surface area contributed by atoms with Gasteiger partial charge in [-0.05, 0) is 119 Å². The van der Waals surface area contributed by atoms with Gasteiger partial charge in [-0.3, -0.25) is 0 Å². The summed E-state index contributed by atoms with van der Waals surface area (Å²) in [5, 5.41) is 0. The van der Waals surface area contributed by atoms with Crippen LogP contribution < -0.4 is 4.90 Å². The first-order valence-electron chi connectivity index (χ1n) is 20.8. The molecule has 0 spiro atoms. The summed E-state index contributed by atoms with van der Waals surface area (Å²) in [7, 11) is 10.1. The molecule has 0 amide bonds. The number of rotatable bonds is 6. The van der Waals surface area contributed by atoms with E-state index in [0.29, 0.717) is 7.92 Å². The first-order valence-corrected chi connectivity index (χ1v) is 26.8. The van der Waals surface area contributed by atoms with Crippen LogP contribution in [-0.4, -0.2) is 35.0 Å². The van der Waals surface area contributed by atoms with E-state index in [-0.39, 0.29) is 21.1 Å². The molecule has 1 unspecified atom stereocenters. The van der Waals surface area contributed by atoms with Crippen LogP contribution in [0, 0.1) is 40.7 Å². The van der Waals surface area contributed by atoms with E-state index in [1.807, 2.05) is 0 Å². The van der Waals surface area contributed by atoms with Gasteiger partial charge >= 0.3 is 57.1 Å². The van der Waals surface area contributed by atoms with Crippen molar-refractivity contribution in [2.75, 3.05) is 18.0 Å². The van der Waals surface area contributed by atoms with Crippen molar-refractivity contribution >= 4 is 33.0 Å². The third-order valence-corrected chi connectivity index (χ3v) is 16.2. The maximum atomic E-state index is 7.50. The fourth-order valence-electron chi connectivity index (χ4n) is 10.2. The van der Waals surface area contributed by atoms with Crippen LogP contribution in [0.1, 0.15) is 145 Å². The molecule has 306 valence electrons. The SMILES string of the molecule is C1CCC(P(C2CCCCC2)C2CCCCC2)CC1.CC1=CC(C)=C(N2[C]N(c3c(C)cc(C)cc3C)CC2)C(c2ccccc2)C(C)=C1.[C-]#[O+].[C-]#[O+].[Cl][Ru][Cl]. The van der Waals surface area contributed by atoms with Crippen LogP contribution in [0.2, 0.25) is 0 Å². The van der Waals surface area contributed by atoms with E-state index >= 15 is 0 Å². The molecule has 3 saturated carbocycles. The molecule has 7 rings (SSSR count). The van der Waals surface area contributed by atoms with Gasteiger partial charge in [-0.15, -0.1) is 0 Å². The fraction of sp³-hybridized carbons (Fsp3) is 0.562. The average molecular weight is 905 g/mol. The summed E-state index contributed by atoms with van der Waals surface area (Å²) >= 11 is -0.346. The Morgan fingerprint density at radius 1 is 0.643 bits per heavy atom. The van der Waals surface area contributed by atoms with Crippen molar-refractivity contribution in [1.82, 2.24) is 4.90 Å². The van der Waals surface area contributed by atoms with Crippen LogP contribution in [0.25, 0.3) is 0 Å². The molecule has 4 aliphatic carbocycles. The van der Waals surface area contributed by atoms with Gasteiger partial charge in [-0.25, -0.2) is 0 Å². The Morgan fingerprint density at radius 2 is 1.07 bits per heavy atom. The molecule has 0 N–H and O–H groups in total. The maximum absolute atomic E-state index is 7.50. The van der Waals surface area contributed by atoms with Crippen LogP contribution in [0.5, 0.6) is 0 Å². The molecule has 0 bridgehead atoms. The van der Waals surface area contributed by atoms with Gasteiger partial charge < -0.3 is 9.80 Å². The molecule has 1 heterocycles. The Kier molecular flexibility index (Phi) is 23.0. The van der Waals surface area contributed by atoms with Crippen LogP contribution in [0.15, 0.2) is 77.0 Å². The third-order valence-electron chi connectivity index (χ3n) is 12.1. The van der Waals surface area contributed by atoms with Gasteiger partial charge in [0, 0.05) is 30.4 Å². The molecular formula is C48H65Cl2N2O2PRu. The van der Waals surface area contributed by atoms with Crippen molar-refractivity contribution in [2.45, 2.75) is 161 Å². The molecule has 1 aliphatic heterocycles. The van der Waals surface area contributed by atoms with Gasteiger partial charge in [-0.1, -0.05) is 137 Å². The van der Waals surface area contributed by atoms with Gasteiger partial charge in [0.2, 0.25) is 6.67 Å². The molecule has 5 aliphatic rings. The fourth-order valence-corrected chi connectivity index (χ4v) is 14.9. The van der Waals surface area contributed by atoms with E-state index in [0.717, 1.165) is 13.1 Å². The summed E-state index contributed by atoms with van der Waals surface area (Å²) in [4.78, 5) is 4.67. The number of nitrogens with zero attached hydrogens (tertiary/aromatic N) is 2. The van der Waals surface area contributed by atoms with Gasteiger partial charge in [0.1, 0.15) is 0 Å². The molecule has 0 aromatic heterocycles. The van der Waals surface area contributed by atoms with E-state index in [2.05, 4.69) is 126 Å². The van der Waals surface area contributed by atoms with Crippen molar-refractivity contribution in [1.29, 1.82) is 0 Å². The van der Waals surface area contributed by atoms with Crippen LogP contribution in [-0.2, 0) is 24.4 Å². The van der Waals surface area contributed by atoms with Crippen LogP contribution in [0.4, 0.5) is 5.69 Å². The minimum absolute atomic E-state index is 0.243. The summed E-state index contributed by atoms with van der Waals surface area (Å²) in [6, 6.07) is 15.4. The Bertz CT molecular complexity index is 1530. The number of halogens is 2. The molecule has 2 aromatic rings. The summed E-state index contributed by atoms with van der Waals surface area (Å²) < 4.78 is 15.0. The first kappa shape index (κ1) is 48.7. The summed E-state index contributed by atoms with van der Waals surface area (Å²) in [5.41, 5.74) is 15.5. The van der Waals surface area contributed by atoms with Gasteiger partial charge in [0.25, 0.3) is 0 Å². The van der Waals surface area contributed by atoms with E-state index in [1.165, 1.54) is 86.6 Å². The normalized spacial score (nSPS) is 20.8. The zero-order chi connectivity index (χ0) is 41.0. The summed E-state index contributed by atoms with van der Waals surface area (Å²) in [6.45, 7) is 27.9. The second-order valence-electron chi connectivity index (χ2n) is 16.2. The molecule has 1 saturated heterocycles. The molecule has 4 nitrogen and oxygen atoms in total. The number of hydrogen-bond donors (Lipinski definition) is 0. The summed E-state index contributed by atoms with van der Waals surface area (Å²) in [6.07, 6.45) is 28.3. The second kappa shape index (κ2) is 26.5. The summed E-state index contributed by atoms with van der Waals surface area (Å²) in [5.74, 6) is 0.243. The number of aryl methyl sites for hydroxylation is 3. The molecular weight excluding hydrogens is 839 g/mol. The average Bonchev–Trinajstić information content (AvgIpc) is 3.65. The predicted octanol–water partition coefficient (Wildman–Crippen LogP) is 14.5. The number of anilines is 1. The van der Waals surface area contributed by atoms with Crippen molar-refractivity contribution < 1.29 is 24.4 Å². The Hall–Kier alpha value is -1.63. The van der Waals surface area contributed by atoms with E-state index in [1.54, 1.807) is 77.0 Å². The molecule has 1 atom stereocenters. The second-order valence-corrected chi connectivity index (χ2v) is 21.9. The molecule has 2 aromatic carbocycles. The Morgan fingerprint density at radius 3 is 1.52 bits per heavy atom. The van der Waals surface area contributed by atoms with Crippen LogP contribution in [0.3, 0.4) is 0 Å². The van der Waals surface area contributed by atoms with Crippen molar-refractivity contribution in [2.24, 2.45) is 0 Å². The monoisotopic (exact) mass is 904 g/mol. The standard InChI is InChI=1S/C28H32N2.C18H33P.2CO.2ClH.Ru/c1-19-14-21(3)26(25-10-8-7-9-11-25)28(24(6)17-19)30-13-12-29(18-30)27-22(4)15-20(2)16-23(27)5;1-4-10-16(11-5-1)19(17-12-6-2-7-13-17)18-14-8-3-9-15-18;2*1-2;;;/h7-11,14-17,26H,12-13H2,1-6H3;16-18H,1-15H2;;;2*1H;/q;;;;;;+2/p-2. The van der Waals surface area contributed by atoms with E-state index in [4.69, 9.17) is 28.7 Å². The van der Waals surface area contributed by atoms with Crippen molar-refractivity contribution in [3.63, 3.8) is 0 Å². The molecule has 8 heteroatoms. The topological polar surface area (TPSA) is 46.3 Å². The predicted molar refractivity (Wildman–Crippen MR) is 234 cm³/mol.